The van der Waals surface area contributed by atoms with Gasteiger partial charge in [-0.1, -0.05) is 31.9 Å². The monoisotopic (exact) mass is 421 g/mol. The van der Waals surface area contributed by atoms with Gasteiger partial charge in [-0.05, 0) is 48.9 Å². The van der Waals surface area contributed by atoms with Crippen molar-refractivity contribution in [2.75, 3.05) is 20.6 Å². The molecule has 25 heavy (non-hydrogen) atoms. The Morgan fingerprint density at radius 1 is 1.44 bits per heavy atom. The molecule has 0 saturated heterocycles. The van der Waals surface area contributed by atoms with Crippen LogP contribution in [-0.4, -0.2) is 35.1 Å². The summed E-state index contributed by atoms with van der Waals surface area (Å²) >= 11 is 5.12. The topological polar surface area (TPSA) is 38.1 Å². The molecule has 2 aromatic rings. The van der Waals surface area contributed by atoms with Crippen molar-refractivity contribution >= 4 is 48.5 Å². The number of thiophene rings is 1. The number of rotatable bonds is 4. The zero-order valence-electron chi connectivity index (χ0n) is 14.8. The lowest BCUT2D eigenvalue weighted by molar-refractivity contribution is 0.345. The Kier molecular flexibility index (Phi) is 5.92. The van der Waals surface area contributed by atoms with Crippen molar-refractivity contribution in [3.8, 4) is 0 Å². The van der Waals surface area contributed by atoms with Crippen LogP contribution in [0.4, 0.5) is 0 Å². The Labute approximate surface area is 160 Å². The summed E-state index contributed by atoms with van der Waals surface area (Å²) in [6, 6.07) is 0.296. The molecule has 0 aromatic carbocycles. The van der Waals surface area contributed by atoms with E-state index < -0.39 is 0 Å². The van der Waals surface area contributed by atoms with Crippen LogP contribution in [0, 0.1) is 0 Å². The fourth-order valence-corrected chi connectivity index (χ4v) is 5.01. The summed E-state index contributed by atoms with van der Waals surface area (Å²) in [6.07, 6.45) is 11.6. The van der Waals surface area contributed by atoms with Gasteiger partial charge in [-0.2, -0.15) is 0 Å². The largest absolute Gasteiger partial charge is 0.306 e. The second kappa shape index (κ2) is 7.98. The molecule has 2 aromatic heterocycles. The molecule has 0 unspecified atom stereocenters. The van der Waals surface area contributed by atoms with E-state index in [1.807, 2.05) is 24.7 Å². The molecule has 0 atom stereocenters. The fourth-order valence-electron chi connectivity index (χ4n) is 3.28. The Hall–Kier alpha value is -1.24. The van der Waals surface area contributed by atoms with E-state index in [0.29, 0.717) is 10.7 Å². The predicted octanol–water partition coefficient (Wildman–Crippen LogP) is 2.99. The summed E-state index contributed by atoms with van der Waals surface area (Å²) in [6.45, 7) is 5.02. The van der Waals surface area contributed by atoms with Crippen molar-refractivity contribution in [1.82, 2.24) is 14.5 Å². The highest BCUT2D eigenvalue weighted by Crippen LogP contribution is 2.27. The maximum absolute atomic E-state index is 13.0. The lowest BCUT2D eigenvalue weighted by Gasteiger charge is -2.23. The van der Waals surface area contributed by atoms with Gasteiger partial charge >= 0.3 is 0 Å². The van der Waals surface area contributed by atoms with Crippen LogP contribution >= 0.6 is 27.3 Å². The molecule has 0 spiro atoms. The van der Waals surface area contributed by atoms with E-state index in [1.165, 1.54) is 30.6 Å². The Morgan fingerprint density at radius 2 is 2.16 bits per heavy atom. The number of aromatic nitrogens is 2. The molecule has 6 heteroatoms. The Morgan fingerprint density at radius 3 is 2.84 bits per heavy atom. The third-order valence-corrected chi connectivity index (χ3v) is 6.80. The molecule has 0 N–H and O–H groups in total. The van der Waals surface area contributed by atoms with Gasteiger partial charge < -0.3 is 4.90 Å². The second-order valence-corrected chi connectivity index (χ2v) is 8.72. The fraction of sp³-hybridized carbons (Fsp3) is 0.474. The van der Waals surface area contributed by atoms with Crippen molar-refractivity contribution in [2.24, 2.45) is 0 Å². The molecule has 3 rings (SSSR count). The second-order valence-electron chi connectivity index (χ2n) is 6.85. The minimum atomic E-state index is 0.0793. The standard InChI is InChI=1S/C19H24BrN3OS/c1-13-16-18(25-17(13)15(20)10-7-11-22(2)3)19(24)23(12-21-16)14-8-5-4-6-9-14/h7,10,12,14H,1,4-6,8-9,11H2,2-3H3/b10-7-,17-15-. The molecule has 4 nitrogen and oxygen atoms in total. The van der Waals surface area contributed by atoms with Crippen molar-refractivity contribution in [1.29, 1.82) is 0 Å². The SMILES string of the molecule is C=c1/c(=C(Br)\C=C/CN(C)C)sc2c(=O)n(C3CCCCC3)cnc12. The number of hydrogen-bond donors (Lipinski definition) is 0. The van der Waals surface area contributed by atoms with Crippen molar-refractivity contribution < 1.29 is 0 Å². The van der Waals surface area contributed by atoms with Crippen LogP contribution in [0.25, 0.3) is 21.3 Å². The summed E-state index contributed by atoms with van der Waals surface area (Å²) in [5, 5.41) is 0.828. The van der Waals surface area contributed by atoms with Gasteiger partial charge in [0, 0.05) is 22.3 Å². The van der Waals surface area contributed by atoms with Gasteiger partial charge in [-0.15, -0.1) is 11.3 Å². The number of hydrogen-bond acceptors (Lipinski definition) is 4. The molecule has 1 aliphatic rings. The van der Waals surface area contributed by atoms with Crippen LogP contribution in [0.15, 0.2) is 23.3 Å². The molecule has 1 aliphatic carbocycles. The summed E-state index contributed by atoms with van der Waals surface area (Å²) in [5.74, 6) is 0. The van der Waals surface area contributed by atoms with Gasteiger partial charge in [-0.3, -0.25) is 9.36 Å². The van der Waals surface area contributed by atoms with Crippen LogP contribution < -0.4 is 15.3 Å². The summed E-state index contributed by atoms with van der Waals surface area (Å²) < 4.78 is 4.49. The number of halogens is 1. The molecule has 0 amide bonds. The van der Waals surface area contributed by atoms with Crippen LogP contribution in [0.3, 0.4) is 0 Å². The van der Waals surface area contributed by atoms with Gasteiger partial charge in [0.1, 0.15) is 4.70 Å². The first-order valence-corrected chi connectivity index (χ1v) is 10.3. The Balaban J connectivity index is 2.07. The third-order valence-electron chi connectivity index (χ3n) is 4.64. The van der Waals surface area contributed by atoms with E-state index in [-0.39, 0.29) is 5.56 Å². The third kappa shape index (κ3) is 3.96. The van der Waals surface area contributed by atoms with Crippen molar-refractivity contribution in [2.45, 2.75) is 38.1 Å². The number of fused-ring (bicyclic) bond motifs is 1. The van der Waals surface area contributed by atoms with Crippen LogP contribution in [0.2, 0.25) is 0 Å². The maximum atomic E-state index is 13.0. The summed E-state index contributed by atoms with van der Waals surface area (Å²) in [7, 11) is 4.06. The molecule has 0 aliphatic heterocycles. The first-order valence-electron chi connectivity index (χ1n) is 8.68. The predicted molar refractivity (Wildman–Crippen MR) is 111 cm³/mol. The van der Waals surface area contributed by atoms with Crippen LogP contribution in [-0.2, 0) is 0 Å². The first-order chi connectivity index (χ1) is 12.0. The number of allylic oxidation sites excluding steroid dienone is 1. The van der Waals surface area contributed by atoms with Crippen molar-refractivity contribution in [3.63, 3.8) is 0 Å². The zero-order valence-corrected chi connectivity index (χ0v) is 17.2. The van der Waals surface area contributed by atoms with Crippen LogP contribution in [0.5, 0.6) is 0 Å². The van der Waals surface area contributed by atoms with Crippen LogP contribution in [0.1, 0.15) is 38.1 Å². The average molecular weight is 422 g/mol. The normalized spacial score (nSPS) is 17.8. The lowest BCUT2D eigenvalue weighted by atomic mass is 9.95. The van der Waals surface area contributed by atoms with Gasteiger partial charge in [0.25, 0.3) is 5.56 Å². The van der Waals surface area contributed by atoms with E-state index in [2.05, 4.69) is 38.5 Å². The van der Waals surface area contributed by atoms with E-state index >= 15 is 0 Å². The van der Waals surface area contributed by atoms with Gasteiger partial charge in [0.2, 0.25) is 0 Å². The average Bonchev–Trinajstić information content (AvgIpc) is 2.93. The first kappa shape index (κ1) is 18.5. The highest BCUT2D eigenvalue weighted by molar-refractivity contribution is 9.15. The highest BCUT2D eigenvalue weighted by Gasteiger charge is 2.18. The summed E-state index contributed by atoms with van der Waals surface area (Å²) in [5.41, 5.74) is 0.811. The maximum Gasteiger partial charge on any atom is 0.271 e. The summed E-state index contributed by atoms with van der Waals surface area (Å²) in [4.78, 5) is 19.6. The quantitative estimate of drug-likeness (QED) is 0.761. The minimum Gasteiger partial charge on any atom is -0.306 e. The van der Waals surface area contributed by atoms with Gasteiger partial charge in [0.05, 0.1) is 16.4 Å². The smallest absolute Gasteiger partial charge is 0.271 e. The molecule has 0 radical (unpaired) electrons. The molecular weight excluding hydrogens is 398 g/mol. The molecule has 2 heterocycles. The van der Waals surface area contributed by atoms with E-state index in [0.717, 1.165) is 39.1 Å². The van der Waals surface area contributed by atoms with E-state index in [4.69, 9.17) is 0 Å². The Bertz CT molecular complexity index is 951. The molecule has 1 saturated carbocycles. The van der Waals surface area contributed by atoms with E-state index in [1.54, 1.807) is 6.33 Å². The van der Waals surface area contributed by atoms with Gasteiger partial charge in [0.15, 0.2) is 0 Å². The number of likely N-dealkylation sites (N-methyl/N-ethyl adjacent to an activating group) is 1. The van der Waals surface area contributed by atoms with E-state index in [9.17, 15) is 4.79 Å². The molecule has 0 bridgehead atoms. The minimum absolute atomic E-state index is 0.0793. The van der Waals surface area contributed by atoms with Gasteiger partial charge in [-0.25, -0.2) is 4.98 Å². The number of nitrogens with zero attached hydrogens (tertiary/aromatic N) is 3. The van der Waals surface area contributed by atoms with Crippen molar-refractivity contribution in [3.05, 3.63) is 38.6 Å². The molecule has 134 valence electrons. The zero-order chi connectivity index (χ0) is 18.0. The molecular formula is C19H24BrN3OS. The molecule has 1 fully saturated rings. The highest BCUT2D eigenvalue weighted by atomic mass is 79.9. The lowest BCUT2D eigenvalue weighted by Crippen LogP contribution is -2.26.